The first-order valence-electron chi connectivity index (χ1n) is 20.5. The Morgan fingerprint density at radius 3 is 1.31 bits per heavy atom. The van der Waals surface area contributed by atoms with Crippen LogP contribution in [-0.4, -0.2) is 56.3 Å². The fourth-order valence-corrected chi connectivity index (χ4v) is 6.60. The van der Waals surface area contributed by atoms with Crippen molar-refractivity contribution >= 4 is 19.8 Å². The van der Waals surface area contributed by atoms with Crippen molar-refractivity contribution in [2.75, 3.05) is 33.4 Å². The summed E-state index contributed by atoms with van der Waals surface area (Å²) < 4.78 is 33.1. The molecule has 0 aromatic rings. The van der Waals surface area contributed by atoms with Gasteiger partial charge >= 0.3 is 19.8 Å². The third kappa shape index (κ3) is 36.6. The molecule has 2 unspecified atom stereocenters. The van der Waals surface area contributed by atoms with E-state index in [1.54, 1.807) is 7.05 Å². The van der Waals surface area contributed by atoms with Gasteiger partial charge in [-0.2, -0.15) is 0 Å². The zero-order valence-corrected chi connectivity index (χ0v) is 33.1. The second-order valence-corrected chi connectivity index (χ2v) is 15.3. The van der Waals surface area contributed by atoms with Gasteiger partial charge in [-0.3, -0.25) is 18.6 Å². The highest BCUT2D eigenvalue weighted by Crippen LogP contribution is 2.43. The molecule has 0 aliphatic heterocycles. The third-order valence-electron chi connectivity index (χ3n) is 8.98. The van der Waals surface area contributed by atoms with Crippen LogP contribution in [0.15, 0.2) is 0 Å². The van der Waals surface area contributed by atoms with Crippen molar-refractivity contribution in [1.29, 1.82) is 0 Å². The lowest BCUT2D eigenvalue weighted by Gasteiger charge is -2.20. The predicted molar refractivity (Wildman–Crippen MR) is 202 cm³/mol. The highest BCUT2D eigenvalue weighted by molar-refractivity contribution is 7.47. The molecule has 9 nitrogen and oxygen atoms in total. The second-order valence-electron chi connectivity index (χ2n) is 13.8. The Balaban J connectivity index is 4.20. The number of carbonyl (C=O) groups is 2. The Bertz CT molecular complexity index is 784. The van der Waals surface area contributed by atoms with Crippen molar-refractivity contribution in [1.82, 2.24) is 5.32 Å². The Kier molecular flexibility index (Phi) is 36.0. The highest BCUT2D eigenvalue weighted by Gasteiger charge is 2.26. The zero-order valence-electron chi connectivity index (χ0n) is 32.2. The van der Waals surface area contributed by atoms with Crippen LogP contribution < -0.4 is 5.32 Å². The summed E-state index contributed by atoms with van der Waals surface area (Å²) in [6.45, 7) is 4.24. The Morgan fingerprint density at radius 1 is 0.551 bits per heavy atom. The van der Waals surface area contributed by atoms with Crippen molar-refractivity contribution in [3.8, 4) is 0 Å². The molecule has 0 fully saturated rings. The normalized spacial score (nSPS) is 13.3. The summed E-state index contributed by atoms with van der Waals surface area (Å²) >= 11 is 0. The van der Waals surface area contributed by atoms with Crippen molar-refractivity contribution in [2.24, 2.45) is 0 Å². The molecule has 0 aromatic carbocycles. The smallest absolute Gasteiger partial charge is 0.462 e. The van der Waals surface area contributed by atoms with Crippen LogP contribution >= 0.6 is 7.82 Å². The van der Waals surface area contributed by atoms with E-state index in [4.69, 9.17) is 18.5 Å². The van der Waals surface area contributed by atoms with Gasteiger partial charge in [0.15, 0.2) is 6.10 Å². The molecule has 2 atom stereocenters. The molecule has 0 saturated heterocycles. The van der Waals surface area contributed by atoms with Crippen LogP contribution in [0.1, 0.15) is 200 Å². The van der Waals surface area contributed by atoms with E-state index in [9.17, 15) is 19.0 Å². The minimum absolute atomic E-state index is 0.0120. The zero-order chi connectivity index (χ0) is 36.1. The molecular formula is C39H78NO8P. The molecule has 0 radical (unpaired) electrons. The minimum Gasteiger partial charge on any atom is -0.462 e. The van der Waals surface area contributed by atoms with Gasteiger partial charge < -0.3 is 19.7 Å². The Labute approximate surface area is 301 Å². The Morgan fingerprint density at radius 2 is 0.918 bits per heavy atom. The molecule has 2 N–H and O–H groups in total. The first kappa shape index (κ1) is 48.0. The fraction of sp³-hybridized carbons (Fsp3) is 0.949. The van der Waals surface area contributed by atoms with Crippen molar-refractivity contribution in [3.05, 3.63) is 0 Å². The molecule has 10 heteroatoms. The molecule has 0 heterocycles. The largest absolute Gasteiger partial charge is 0.472 e. The number of carbonyl (C=O) groups excluding carboxylic acids is 2. The van der Waals surface area contributed by atoms with E-state index < -0.39 is 26.5 Å². The quantitative estimate of drug-likeness (QED) is 0.0363. The molecular weight excluding hydrogens is 641 g/mol. The van der Waals surface area contributed by atoms with Crippen molar-refractivity contribution < 1.29 is 37.6 Å². The van der Waals surface area contributed by atoms with Crippen molar-refractivity contribution in [2.45, 2.75) is 206 Å². The van der Waals surface area contributed by atoms with Gasteiger partial charge in [0.1, 0.15) is 6.61 Å². The van der Waals surface area contributed by atoms with Crippen LogP contribution in [-0.2, 0) is 32.7 Å². The molecule has 0 aliphatic carbocycles. The molecule has 0 spiro atoms. The van der Waals surface area contributed by atoms with E-state index in [1.807, 2.05) is 0 Å². The summed E-state index contributed by atoms with van der Waals surface area (Å²) in [4.78, 5) is 34.9. The van der Waals surface area contributed by atoms with E-state index in [0.717, 1.165) is 32.1 Å². The maximum absolute atomic E-state index is 12.6. The second kappa shape index (κ2) is 36.8. The van der Waals surface area contributed by atoms with E-state index in [0.29, 0.717) is 19.4 Å². The van der Waals surface area contributed by atoms with E-state index in [1.165, 1.54) is 135 Å². The highest BCUT2D eigenvalue weighted by atomic mass is 31.2. The molecule has 292 valence electrons. The SMILES string of the molecule is CCCCCCCCCCCCCCCCCC(=O)OCC(COP(=O)(O)OCCNC)OC(=O)CCCCCCCCCCCCCC. The third-order valence-corrected chi connectivity index (χ3v) is 9.96. The van der Waals surface area contributed by atoms with Crippen LogP contribution in [0.2, 0.25) is 0 Å². The molecule has 0 amide bonds. The summed E-state index contributed by atoms with van der Waals surface area (Å²) in [5, 5.41) is 2.82. The number of likely N-dealkylation sites (N-methyl/N-ethyl adjacent to an activating group) is 1. The predicted octanol–water partition coefficient (Wildman–Crippen LogP) is 11.1. The van der Waals surface area contributed by atoms with E-state index in [2.05, 4.69) is 19.2 Å². The number of unbranched alkanes of at least 4 members (excludes halogenated alkanes) is 25. The summed E-state index contributed by atoms with van der Waals surface area (Å²) in [6.07, 6.45) is 32.8. The van der Waals surface area contributed by atoms with Gasteiger partial charge in [0.25, 0.3) is 0 Å². The monoisotopic (exact) mass is 720 g/mol. The molecule has 0 aromatic heterocycles. The van der Waals surface area contributed by atoms with Gasteiger partial charge in [-0.15, -0.1) is 0 Å². The molecule has 0 rings (SSSR count). The molecule has 0 saturated carbocycles. The van der Waals surface area contributed by atoms with Gasteiger partial charge in [0, 0.05) is 19.4 Å². The topological polar surface area (TPSA) is 120 Å². The van der Waals surface area contributed by atoms with Crippen LogP contribution in [0.25, 0.3) is 0 Å². The lowest BCUT2D eigenvalue weighted by Crippen LogP contribution is -2.29. The van der Waals surface area contributed by atoms with Gasteiger partial charge in [-0.25, -0.2) is 4.57 Å². The van der Waals surface area contributed by atoms with Gasteiger partial charge in [0.2, 0.25) is 0 Å². The van der Waals surface area contributed by atoms with Crippen LogP contribution in [0.5, 0.6) is 0 Å². The number of rotatable bonds is 39. The molecule has 0 bridgehead atoms. The van der Waals surface area contributed by atoms with Crippen LogP contribution in [0.3, 0.4) is 0 Å². The number of phosphoric acid groups is 1. The summed E-state index contributed by atoms with van der Waals surface area (Å²) in [5.41, 5.74) is 0. The first-order chi connectivity index (χ1) is 23.8. The van der Waals surface area contributed by atoms with Crippen LogP contribution in [0, 0.1) is 0 Å². The number of ether oxygens (including phenoxy) is 2. The number of phosphoric ester groups is 1. The lowest BCUT2D eigenvalue weighted by atomic mass is 10.0. The summed E-state index contributed by atoms with van der Waals surface area (Å²) in [6, 6.07) is 0. The average Bonchev–Trinajstić information content (AvgIpc) is 3.08. The maximum atomic E-state index is 12.6. The number of hydrogen-bond donors (Lipinski definition) is 2. The first-order valence-corrected chi connectivity index (χ1v) is 22.0. The maximum Gasteiger partial charge on any atom is 0.472 e. The van der Waals surface area contributed by atoms with Crippen molar-refractivity contribution in [3.63, 3.8) is 0 Å². The number of nitrogens with one attached hydrogen (secondary N) is 1. The Hall–Kier alpha value is -0.990. The summed E-state index contributed by atoms with van der Waals surface area (Å²) in [7, 11) is -2.63. The van der Waals surface area contributed by atoms with Gasteiger partial charge in [0.05, 0.1) is 13.2 Å². The van der Waals surface area contributed by atoms with Gasteiger partial charge in [-0.05, 0) is 19.9 Å². The average molecular weight is 720 g/mol. The number of esters is 2. The summed E-state index contributed by atoms with van der Waals surface area (Å²) in [5.74, 6) is -0.794. The fourth-order valence-electron chi connectivity index (χ4n) is 5.85. The standard InChI is InChI=1S/C39H78NO8P/c1-4-6-8-10-12-14-16-18-19-20-22-23-25-27-29-31-38(41)45-35-37(36-47-49(43,44)46-34-33-40-3)48-39(42)32-30-28-26-24-21-17-15-13-11-9-7-5-2/h37,40H,4-36H2,1-3H3,(H,43,44). The molecule has 49 heavy (non-hydrogen) atoms. The van der Waals surface area contributed by atoms with E-state index >= 15 is 0 Å². The van der Waals surface area contributed by atoms with Crippen LogP contribution in [0.4, 0.5) is 0 Å². The van der Waals surface area contributed by atoms with E-state index in [-0.39, 0.29) is 25.6 Å². The molecule has 0 aliphatic rings. The number of hydrogen-bond acceptors (Lipinski definition) is 8. The minimum atomic E-state index is -4.33. The van der Waals surface area contributed by atoms with Gasteiger partial charge in [-0.1, -0.05) is 174 Å². The lowest BCUT2D eigenvalue weighted by molar-refractivity contribution is -0.161.